The number of nitro benzene ring substituents is 1. The summed E-state index contributed by atoms with van der Waals surface area (Å²) in [6, 6.07) is 4.18. The van der Waals surface area contributed by atoms with Crippen LogP contribution in [0, 0.1) is 21.4 Å². The molecule has 88 valence electrons. The molecule has 0 spiro atoms. The van der Waals surface area contributed by atoms with Crippen molar-refractivity contribution in [2.75, 3.05) is 0 Å². The molecular weight excluding hydrogens is 248 g/mol. The highest BCUT2D eigenvalue weighted by Gasteiger charge is 2.21. The first-order valence-corrected chi connectivity index (χ1v) is 5.01. The molecule has 1 aromatic rings. The van der Waals surface area contributed by atoms with Crippen LogP contribution in [0.4, 0.5) is 5.69 Å². The predicted molar refractivity (Wildman–Crippen MR) is 58.7 cm³/mol. The van der Waals surface area contributed by atoms with Gasteiger partial charge in [-0.1, -0.05) is 0 Å². The third-order valence-electron chi connectivity index (χ3n) is 2.19. The van der Waals surface area contributed by atoms with Crippen LogP contribution in [-0.2, 0) is 17.1 Å². The van der Waals surface area contributed by atoms with E-state index in [9.17, 15) is 14.9 Å². The van der Waals surface area contributed by atoms with Gasteiger partial charge in [-0.05, 0) is 11.6 Å². The van der Waals surface area contributed by atoms with Crippen LogP contribution < -0.4 is 0 Å². The largest absolute Gasteiger partial charge is 0.481 e. The van der Waals surface area contributed by atoms with Crippen LogP contribution in [0.5, 0.6) is 0 Å². The van der Waals surface area contributed by atoms with E-state index in [0.29, 0.717) is 0 Å². The molecule has 0 aliphatic heterocycles. The number of carboxylic acid groups (broad SMARTS) is 1. The zero-order valence-corrected chi connectivity index (χ0v) is 9.27. The van der Waals surface area contributed by atoms with Gasteiger partial charge in [0.1, 0.15) is 0 Å². The van der Waals surface area contributed by atoms with Gasteiger partial charge in [0.15, 0.2) is 0 Å². The summed E-state index contributed by atoms with van der Waals surface area (Å²) < 4.78 is 0. The molecule has 0 amide bonds. The lowest BCUT2D eigenvalue weighted by molar-refractivity contribution is -0.385. The van der Waals surface area contributed by atoms with Crippen LogP contribution in [0.3, 0.4) is 0 Å². The number of nitrogens with zero attached hydrogens (tertiary/aromatic N) is 2. The van der Waals surface area contributed by atoms with E-state index in [-0.39, 0.29) is 28.3 Å². The number of nitriles is 1. The monoisotopic (exact) mass is 254 g/mol. The van der Waals surface area contributed by atoms with Crippen molar-refractivity contribution in [2.24, 2.45) is 0 Å². The van der Waals surface area contributed by atoms with E-state index < -0.39 is 17.3 Å². The van der Waals surface area contributed by atoms with Crippen LogP contribution in [0.15, 0.2) is 12.1 Å². The highest BCUT2D eigenvalue weighted by atomic mass is 35.5. The smallest absolute Gasteiger partial charge is 0.307 e. The number of carbonyl (C=O) groups is 1. The van der Waals surface area contributed by atoms with Crippen LogP contribution >= 0.6 is 11.6 Å². The summed E-state index contributed by atoms with van der Waals surface area (Å²) in [5.41, 5.74) is 0.00576. The van der Waals surface area contributed by atoms with Gasteiger partial charge in [-0.3, -0.25) is 14.9 Å². The first-order chi connectivity index (χ1) is 8.01. The summed E-state index contributed by atoms with van der Waals surface area (Å²) in [5, 5.41) is 28.3. The number of halogens is 1. The van der Waals surface area contributed by atoms with Gasteiger partial charge >= 0.3 is 5.97 Å². The number of hydrogen-bond acceptors (Lipinski definition) is 4. The lowest BCUT2D eigenvalue weighted by Crippen LogP contribution is -2.07. The Labute approximate surface area is 101 Å². The van der Waals surface area contributed by atoms with Crippen LogP contribution in [0.1, 0.15) is 16.7 Å². The quantitative estimate of drug-likeness (QED) is 0.501. The molecule has 0 aliphatic rings. The van der Waals surface area contributed by atoms with Gasteiger partial charge in [-0.25, -0.2) is 0 Å². The van der Waals surface area contributed by atoms with Crippen molar-refractivity contribution in [1.29, 1.82) is 5.26 Å². The average Bonchev–Trinajstić information content (AvgIpc) is 2.27. The Morgan fingerprint density at radius 3 is 2.59 bits per heavy atom. The fraction of sp³-hybridized carbons (Fsp3) is 0.200. The minimum atomic E-state index is -1.17. The van der Waals surface area contributed by atoms with Gasteiger partial charge < -0.3 is 5.11 Å². The molecule has 0 bridgehead atoms. The highest BCUT2D eigenvalue weighted by Crippen LogP contribution is 2.27. The zero-order valence-electron chi connectivity index (χ0n) is 8.51. The summed E-state index contributed by atoms with van der Waals surface area (Å²) in [5.74, 6) is -1.39. The van der Waals surface area contributed by atoms with E-state index >= 15 is 0 Å². The van der Waals surface area contributed by atoms with E-state index in [1.54, 1.807) is 6.07 Å². The maximum atomic E-state index is 10.7. The minimum Gasteiger partial charge on any atom is -0.481 e. The Bertz CT molecular complexity index is 522. The number of aliphatic carboxylic acids is 1. The lowest BCUT2D eigenvalue weighted by Gasteiger charge is -2.07. The van der Waals surface area contributed by atoms with Crippen molar-refractivity contribution in [3.8, 4) is 6.07 Å². The third kappa shape index (κ3) is 2.71. The molecule has 0 fully saturated rings. The summed E-state index contributed by atoms with van der Waals surface area (Å²) in [4.78, 5) is 20.8. The van der Waals surface area contributed by atoms with Gasteiger partial charge in [0.25, 0.3) is 5.69 Å². The third-order valence-corrected chi connectivity index (χ3v) is 2.45. The van der Waals surface area contributed by atoms with Gasteiger partial charge in [0, 0.05) is 11.6 Å². The zero-order chi connectivity index (χ0) is 13.0. The molecule has 0 radical (unpaired) electrons. The van der Waals surface area contributed by atoms with E-state index in [2.05, 4.69) is 0 Å². The van der Waals surface area contributed by atoms with E-state index in [1.807, 2.05) is 0 Å². The standard InChI is InChI=1S/C10H7ClN2O4/c11-4-8-7(3-10(14)15)6(5-12)1-2-9(8)13(16)17/h1-2H,3-4H2,(H,14,15). The van der Waals surface area contributed by atoms with Crippen LogP contribution in [0.2, 0.25) is 0 Å². The summed E-state index contributed by atoms with van der Waals surface area (Å²) in [6.07, 6.45) is -0.466. The first-order valence-electron chi connectivity index (χ1n) is 4.48. The van der Waals surface area contributed by atoms with Crippen molar-refractivity contribution < 1.29 is 14.8 Å². The molecule has 6 nitrogen and oxygen atoms in total. The molecule has 7 heteroatoms. The molecule has 0 heterocycles. The van der Waals surface area contributed by atoms with E-state index in [4.69, 9.17) is 22.0 Å². The van der Waals surface area contributed by atoms with E-state index in [0.717, 1.165) is 6.07 Å². The Kier molecular flexibility index (Phi) is 4.01. The number of rotatable bonds is 4. The number of nitro groups is 1. The second-order valence-corrected chi connectivity index (χ2v) is 3.43. The number of alkyl halides is 1. The fourth-order valence-electron chi connectivity index (χ4n) is 1.46. The molecule has 0 saturated heterocycles. The van der Waals surface area contributed by atoms with Crippen molar-refractivity contribution in [3.63, 3.8) is 0 Å². The Balaban J connectivity index is 3.49. The fourth-order valence-corrected chi connectivity index (χ4v) is 1.76. The highest BCUT2D eigenvalue weighted by molar-refractivity contribution is 6.17. The maximum Gasteiger partial charge on any atom is 0.307 e. The minimum absolute atomic E-state index is 0.0816. The van der Waals surface area contributed by atoms with Crippen LogP contribution in [0.25, 0.3) is 0 Å². The Morgan fingerprint density at radius 1 is 1.53 bits per heavy atom. The molecule has 0 aliphatic carbocycles. The molecule has 17 heavy (non-hydrogen) atoms. The predicted octanol–water partition coefficient (Wildman–Crippen LogP) is 1.83. The number of carboxylic acids is 1. The van der Waals surface area contributed by atoms with E-state index in [1.165, 1.54) is 6.07 Å². The van der Waals surface area contributed by atoms with Gasteiger partial charge in [0.2, 0.25) is 0 Å². The van der Waals surface area contributed by atoms with Gasteiger partial charge in [0.05, 0.1) is 28.9 Å². The Morgan fingerprint density at radius 2 is 2.18 bits per heavy atom. The normalized spacial score (nSPS) is 9.65. The first kappa shape index (κ1) is 12.9. The van der Waals surface area contributed by atoms with Crippen molar-refractivity contribution in [3.05, 3.63) is 38.9 Å². The summed E-state index contributed by atoms with van der Waals surface area (Å²) in [6.45, 7) is 0. The molecular formula is C10H7ClN2O4. The molecule has 0 saturated carbocycles. The summed E-state index contributed by atoms with van der Waals surface area (Å²) >= 11 is 5.59. The van der Waals surface area contributed by atoms with Crippen molar-refractivity contribution in [1.82, 2.24) is 0 Å². The topological polar surface area (TPSA) is 104 Å². The lowest BCUT2D eigenvalue weighted by atomic mass is 9.98. The van der Waals surface area contributed by atoms with Crippen LogP contribution in [-0.4, -0.2) is 16.0 Å². The number of hydrogen-bond donors (Lipinski definition) is 1. The average molecular weight is 255 g/mol. The molecule has 1 N–H and O–H groups in total. The van der Waals surface area contributed by atoms with Gasteiger partial charge in [-0.2, -0.15) is 5.26 Å². The molecule has 0 aromatic heterocycles. The molecule has 1 rings (SSSR count). The number of benzene rings is 1. The molecule has 0 atom stereocenters. The molecule has 0 unspecified atom stereocenters. The second-order valence-electron chi connectivity index (χ2n) is 3.16. The maximum absolute atomic E-state index is 10.7. The van der Waals surface area contributed by atoms with Crippen molar-refractivity contribution >= 4 is 23.3 Å². The van der Waals surface area contributed by atoms with Crippen molar-refractivity contribution in [2.45, 2.75) is 12.3 Å². The van der Waals surface area contributed by atoms with Gasteiger partial charge in [-0.15, -0.1) is 11.6 Å². The SMILES string of the molecule is N#Cc1ccc([N+](=O)[O-])c(CCl)c1CC(=O)O. The molecule has 1 aromatic carbocycles. The summed E-state index contributed by atoms with van der Waals surface area (Å²) in [7, 11) is 0. The second kappa shape index (κ2) is 5.27. The Hall–Kier alpha value is -2.13.